The number of nitrogen functional groups attached to an aromatic ring is 1. The van der Waals surface area contributed by atoms with E-state index in [1.807, 2.05) is 0 Å². The average molecular weight is 186 g/mol. The summed E-state index contributed by atoms with van der Waals surface area (Å²) in [7, 11) is 0. The highest BCUT2D eigenvalue weighted by Crippen LogP contribution is 2.25. The van der Waals surface area contributed by atoms with Gasteiger partial charge in [0.25, 0.3) is 0 Å². The van der Waals surface area contributed by atoms with E-state index < -0.39 is 0 Å². The summed E-state index contributed by atoms with van der Waals surface area (Å²) in [6, 6.07) is 3.45. The zero-order valence-electron chi connectivity index (χ0n) is 5.41. The minimum absolute atomic E-state index is 0.600. The van der Waals surface area contributed by atoms with Crippen molar-refractivity contribution in [1.29, 1.82) is 0 Å². The van der Waals surface area contributed by atoms with Gasteiger partial charge in [-0.3, -0.25) is 0 Å². The normalized spacial score (nSPS) is 10.6. The Kier molecular flexibility index (Phi) is 1.44. The van der Waals surface area contributed by atoms with Gasteiger partial charge in [-0.1, -0.05) is 11.6 Å². The van der Waals surface area contributed by atoms with Gasteiger partial charge in [-0.2, -0.15) is 8.75 Å². The van der Waals surface area contributed by atoms with Crippen molar-refractivity contribution < 1.29 is 0 Å². The van der Waals surface area contributed by atoms with Crippen molar-refractivity contribution in [2.75, 3.05) is 5.73 Å². The lowest BCUT2D eigenvalue weighted by Crippen LogP contribution is -1.85. The van der Waals surface area contributed by atoms with Crippen LogP contribution in [0.1, 0.15) is 0 Å². The highest BCUT2D eigenvalue weighted by molar-refractivity contribution is 7.00. The topological polar surface area (TPSA) is 51.8 Å². The lowest BCUT2D eigenvalue weighted by molar-refractivity contribution is 1.63. The van der Waals surface area contributed by atoms with Gasteiger partial charge in [-0.15, -0.1) is 0 Å². The van der Waals surface area contributed by atoms with Gasteiger partial charge in [0, 0.05) is 0 Å². The van der Waals surface area contributed by atoms with Crippen LogP contribution in [0.15, 0.2) is 12.1 Å². The molecule has 3 nitrogen and oxygen atoms in total. The fourth-order valence-electron chi connectivity index (χ4n) is 0.855. The lowest BCUT2D eigenvalue weighted by Gasteiger charge is -1.93. The Hall–Kier alpha value is -0.870. The first-order chi connectivity index (χ1) is 5.29. The van der Waals surface area contributed by atoms with Crippen molar-refractivity contribution in [3.05, 3.63) is 17.2 Å². The number of nitrogens with zero attached hydrogens (tertiary/aromatic N) is 2. The number of nitrogens with two attached hydrogens (primary N) is 1. The molecule has 2 N–H and O–H groups in total. The molecule has 0 aliphatic carbocycles. The largest absolute Gasteiger partial charge is 0.397 e. The molecule has 56 valence electrons. The number of aromatic nitrogens is 2. The van der Waals surface area contributed by atoms with Gasteiger partial charge in [0.15, 0.2) is 0 Å². The van der Waals surface area contributed by atoms with Crippen LogP contribution in [-0.2, 0) is 0 Å². The second-order valence-electron chi connectivity index (χ2n) is 2.10. The Morgan fingerprint density at radius 3 is 2.73 bits per heavy atom. The minimum Gasteiger partial charge on any atom is -0.397 e. The Morgan fingerprint density at radius 2 is 2.00 bits per heavy atom. The summed E-state index contributed by atoms with van der Waals surface area (Å²) >= 11 is 6.94. The predicted molar refractivity (Wildman–Crippen MR) is 46.8 cm³/mol. The van der Waals surface area contributed by atoms with Crippen LogP contribution in [0.25, 0.3) is 11.0 Å². The molecule has 0 aliphatic heterocycles. The quantitative estimate of drug-likeness (QED) is 0.638. The summed E-state index contributed by atoms with van der Waals surface area (Å²) in [5.74, 6) is 0. The van der Waals surface area contributed by atoms with Crippen molar-refractivity contribution >= 4 is 40.0 Å². The second-order valence-corrected chi connectivity index (χ2v) is 3.03. The number of anilines is 1. The summed E-state index contributed by atoms with van der Waals surface area (Å²) < 4.78 is 8.00. The third-order valence-electron chi connectivity index (χ3n) is 1.40. The Balaban J connectivity index is 2.96. The molecule has 0 unspecified atom stereocenters. The summed E-state index contributed by atoms with van der Waals surface area (Å²) in [6.45, 7) is 0. The van der Waals surface area contributed by atoms with Crippen LogP contribution in [0.3, 0.4) is 0 Å². The molecule has 0 atom stereocenters. The van der Waals surface area contributed by atoms with Crippen molar-refractivity contribution in [3.8, 4) is 0 Å². The highest BCUT2D eigenvalue weighted by atomic mass is 35.5. The second kappa shape index (κ2) is 2.32. The van der Waals surface area contributed by atoms with Crippen LogP contribution in [0.4, 0.5) is 5.69 Å². The molecule has 0 saturated carbocycles. The number of hydrogen-bond donors (Lipinski definition) is 1. The van der Waals surface area contributed by atoms with Crippen LogP contribution in [0.2, 0.25) is 5.02 Å². The number of halogens is 1. The minimum atomic E-state index is 0.600. The molecule has 0 fully saturated rings. The number of rotatable bonds is 0. The molecule has 1 aromatic heterocycles. The van der Waals surface area contributed by atoms with Crippen LogP contribution in [0.5, 0.6) is 0 Å². The third kappa shape index (κ3) is 0.948. The summed E-state index contributed by atoms with van der Waals surface area (Å²) in [5.41, 5.74) is 7.63. The smallest absolute Gasteiger partial charge is 0.129 e. The van der Waals surface area contributed by atoms with E-state index in [1.165, 1.54) is 0 Å². The molecule has 0 bridgehead atoms. The summed E-state index contributed by atoms with van der Waals surface area (Å²) in [4.78, 5) is 0. The number of hydrogen-bond acceptors (Lipinski definition) is 4. The fourth-order valence-corrected chi connectivity index (χ4v) is 1.68. The van der Waals surface area contributed by atoms with Gasteiger partial charge in [0.1, 0.15) is 11.0 Å². The first-order valence-electron chi connectivity index (χ1n) is 2.95. The maximum atomic E-state index is 5.82. The van der Waals surface area contributed by atoms with Gasteiger partial charge < -0.3 is 5.73 Å². The lowest BCUT2D eigenvalue weighted by atomic mass is 10.3. The summed E-state index contributed by atoms with van der Waals surface area (Å²) in [6.07, 6.45) is 0. The molecular weight excluding hydrogens is 182 g/mol. The Bertz CT molecular complexity index is 362. The predicted octanol–water partition coefficient (Wildman–Crippen LogP) is 1.93. The van der Waals surface area contributed by atoms with E-state index in [9.17, 15) is 0 Å². The number of fused-ring (bicyclic) bond motifs is 1. The van der Waals surface area contributed by atoms with E-state index in [2.05, 4.69) is 8.75 Å². The Labute approximate surface area is 72.1 Å². The molecule has 0 radical (unpaired) electrons. The standard InChI is InChI=1S/C6H4ClN3S/c7-3-1-2-4(8)6-5(3)9-11-10-6/h1-2H,8H2. The maximum absolute atomic E-state index is 5.82. The molecular formula is C6H4ClN3S. The van der Waals surface area contributed by atoms with Crippen LogP contribution < -0.4 is 5.73 Å². The van der Waals surface area contributed by atoms with Crippen LogP contribution >= 0.6 is 23.3 Å². The van der Waals surface area contributed by atoms with Gasteiger partial charge >= 0.3 is 0 Å². The van der Waals surface area contributed by atoms with Crippen molar-refractivity contribution in [1.82, 2.24) is 8.75 Å². The first kappa shape index (κ1) is 6.82. The van der Waals surface area contributed by atoms with Crippen molar-refractivity contribution in [2.24, 2.45) is 0 Å². The van der Waals surface area contributed by atoms with Crippen molar-refractivity contribution in [3.63, 3.8) is 0 Å². The Morgan fingerprint density at radius 1 is 1.27 bits per heavy atom. The molecule has 5 heteroatoms. The number of benzene rings is 1. The van der Waals surface area contributed by atoms with Crippen LogP contribution in [0, 0.1) is 0 Å². The molecule has 2 rings (SSSR count). The molecule has 1 aromatic carbocycles. The van der Waals surface area contributed by atoms with Gasteiger partial charge in [-0.05, 0) is 12.1 Å². The van der Waals surface area contributed by atoms with Crippen molar-refractivity contribution in [2.45, 2.75) is 0 Å². The van der Waals surface area contributed by atoms with Gasteiger partial charge in [0.05, 0.1) is 22.4 Å². The van der Waals surface area contributed by atoms with E-state index in [1.54, 1.807) is 12.1 Å². The average Bonchev–Trinajstić information content (AvgIpc) is 2.45. The molecule has 11 heavy (non-hydrogen) atoms. The zero-order valence-corrected chi connectivity index (χ0v) is 6.99. The van der Waals surface area contributed by atoms with E-state index in [0.717, 1.165) is 11.7 Å². The molecule has 0 amide bonds. The molecule has 0 spiro atoms. The van der Waals surface area contributed by atoms with E-state index in [0.29, 0.717) is 21.7 Å². The highest BCUT2D eigenvalue weighted by Gasteiger charge is 2.05. The fraction of sp³-hybridized carbons (Fsp3) is 0. The SMILES string of the molecule is Nc1ccc(Cl)c2nsnc12. The molecule has 1 heterocycles. The first-order valence-corrected chi connectivity index (χ1v) is 4.06. The van der Waals surface area contributed by atoms with Gasteiger partial charge in [0.2, 0.25) is 0 Å². The van der Waals surface area contributed by atoms with Crippen LogP contribution in [-0.4, -0.2) is 8.75 Å². The zero-order chi connectivity index (χ0) is 7.84. The summed E-state index contributed by atoms with van der Waals surface area (Å²) in [5, 5.41) is 0.600. The molecule has 0 saturated heterocycles. The monoisotopic (exact) mass is 185 g/mol. The van der Waals surface area contributed by atoms with E-state index in [-0.39, 0.29) is 0 Å². The molecule has 2 aromatic rings. The maximum Gasteiger partial charge on any atom is 0.129 e. The third-order valence-corrected chi connectivity index (χ3v) is 2.23. The molecule has 0 aliphatic rings. The van der Waals surface area contributed by atoms with Gasteiger partial charge in [-0.25, -0.2) is 0 Å². The van der Waals surface area contributed by atoms with E-state index >= 15 is 0 Å². The van der Waals surface area contributed by atoms with E-state index in [4.69, 9.17) is 17.3 Å².